The first-order valence-electron chi connectivity index (χ1n) is 6.09. The third kappa shape index (κ3) is 3.18. The fraction of sp³-hybridized carbons (Fsp3) is 0.462. The molecule has 1 aromatic carbocycles. The Morgan fingerprint density at radius 1 is 1.29 bits per heavy atom. The molecule has 1 heterocycles. The standard InChI is InChI=1S/C13H17ClN2S/c1-2-15-7-9-16(10-8-15)13(17)11-3-5-12(14)6-4-11/h3-6H,2,7-10H2,1H3/p+1. The maximum absolute atomic E-state index is 5.88. The molecule has 0 saturated carbocycles. The van der Waals surface area contributed by atoms with E-state index in [0.717, 1.165) is 28.7 Å². The lowest BCUT2D eigenvalue weighted by Gasteiger charge is -2.33. The first-order chi connectivity index (χ1) is 8.20. The van der Waals surface area contributed by atoms with Crippen LogP contribution in [-0.4, -0.2) is 42.6 Å². The molecule has 0 unspecified atom stereocenters. The predicted octanol–water partition coefficient (Wildman–Crippen LogP) is 1.24. The monoisotopic (exact) mass is 269 g/mol. The maximum Gasteiger partial charge on any atom is 0.109 e. The van der Waals surface area contributed by atoms with Crippen molar-refractivity contribution in [2.75, 3.05) is 32.7 Å². The number of benzene rings is 1. The predicted molar refractivity (Wildman–Crippen MR) is 76.0 cm³/mol. The van der Waals surface area contributed by atoms with Gasteiger partial charge in [-0.1, -0.05) is 36.0 Å². The van der Waals surface area contributed by atoms with E-state index in [4.69, 9.17) is 23.8 Å². The van der Waals surface area contributed by atoms with Gasteiger partial charge in [0, 0.05) is 10.6 Å². The quantitative estimate of drug-likeness (QED) is 0.808. The van der Waals surface area contributed by atoms with E-state index in [9.17, 15) is 0 Å². The lowest BCUT2D eigenvalue weighted by atomic mass is 10.2. The van der Waals surface area contributed by atoms with Gasteiger partial charge in [0.05, 0.1) is 32.7 Å². The lowest BCUT2D eigenvalue weighted by Crippen LogP contribution is -3.14. The van der Waals surface area contributed by atoms with E-state index in [-0.39, 0.29) is 0 Å². The maximum atomic E-state index is 5.88. The van der Waals surface area contributed by atoms with Crippen LogP contribution in [0.15, 0.2) is 24.3 Å². The molecule has 92 valence electrons. The number of quaternary nitrogens is 1. The topological polar surface area (TPSA) is 7.68 Å². The van der Waals surface area contributed by atoms with Gasteiger partial charge in [0.15, 0.2) is 0 Å². The van der Waals surface area contributed by atoms with E-state index < -0.39 is 0 Å². The van der Waals surface area contributed by atoms with Crippen molar-refractivity contribution in [2.24, 2.45) is 0 Å². The second-order valence-electron chi connectivity index (χ2n) is 4.40. The van der Waals surface area contributed by atoms with Crippen molar-refractivity contribution in [2.45, 2.75) is 6.92 Å². The number of hydrogen-bond acceptors (Lipinski definition) is 1. The molecule has 0 spiro atoms. The highest BCUT2D eigenvalue weighted by Crippen LogP contribution is 2.12. The van der Waals surface area contributed by atoms with Gasteiger partial charge in [-0.25, -0.2) is 0 Å². The molecule has 1 fully saturated rings. The number of nitrogens with one attached hydrogen (secondary N) is 1. The molecule has 1 aromatic rings. The molecule has 2 nitrogen and oxygen atoms in total. The van der Waals surface area contributed by atoms with E-state index in [1.54, 1.807) is 4.90 Å². The van der Waals surface area contributed by atoms with Gasteiger partial charge in [-0.2, -0.15) is 0 Å². The summed E-state index contributed by atoms with van der Waals surface area (Å²) in [6.07, 6.45) is 0. The number of rotatable bonds is 2. The molecule has 2 rings (SSSR count). The van der Waals surface area contributed by atoms with Crippen LogP contribution in [-0.2, 0) is 0 Å². The fourth-order valence-electron chi connectivity index (χ4n) is 2.15. The highest BCUT2D eigenvalue weighted by molar-refractivity contribution is 7.80. The lowest BCUT2D eigenvalue weighted by molar-refractivity contribution is -0.902. The van der Waals surface area contributed by atoms with E-state index in [1.807, 2.05) is 24.3 Å². The fourth-order valence-corrected chi connectivity index (χ4v) is 2.60. The van der Waals surface area contributed by atoms with Crippen LogP contribution in [0.4, 0.5) is 0 Å². The summed E-state index contributed by atoms with van der Waals surface area (Å²) in [5.74, 6) is 0. The van der Waals surface area contributed by atoms with Gasteiger partial charge in [0.1, 0.15) is 4.99 Å². The number of nitrogens with zero attached hydrogens (tertiary/aromatic N) is 1. The molecule has 1 N–H and O–H groups in total. The Bertz CT molecular complexity index is 383. The molecule has 0 bridgehead atoms. The molecule has 1 aliphatic rings. The zero-order chi connectivity index (χ0) is 12.3. The first-order valence-corrected chi connectivity index (χ1v) is 6.87. The Hall–Kier alpha value is -0.640. The smallest absolute Gasteiger partial charge is 0.109 e. The summed E-state index contributed by atoms with van der Waals surface area (Å²) in [6.45, 7) is 7.94. The van der Waals surface area contributed by atoms with Crippen LogP contribution in [0.5, 0.6) is 0 Å². The average Bonchev–Trinajstić information content (AvgIpc) is 2.39. The number of likely N-dealkylation sites (N-methyl/N-ethyl adjacent to an activating group) is 1. The Labute approximate surface area is 113 Å². The van der Waals surface area contributed by atoms with Crippen LogP contribution >= 0.6 is 23.8 Å². The second kappa shape index (κ2) is 5.80. The molecular weight excluding hydrogens is 252 g/mol. The summed E-state index contributed by atoms with van der Waals surface area (Å²) in [5.41, 5.74) is 1.10. The minimum absolute atomic E-state index is 0.761. The summed E-state index contributed by atoms with van der Waals surface area (Å²) in [7, 11) is 0. The molecule has 0 radical (unpaired) electrons. The highest BCUT2D eigenvalue weighted by Gasteiger charge is 2.20. The molecule has 1 aliphatic heterocycles. The van der Waals surface area contributed by atoms with Crippen molar-refractivity contribution >= 4 is 28.8 Å². The largest absolute Gasteiger partial charge is 0.351 e. The number of hydrogen-bond donors (Lipinski definition) is 1. The minimum atomic E-state index is 0.761. The highest BCUT2D eigenvalue weighted by atomic mass is 35.5. The Balaban J connectivity index is 1.99. The normalized spacial score (nSPS) is 17.2. The van der Waals surface area contributed by atoms with E-state index in [1.165, 1.54) is 19.6 Å². The molecule has 4 heteroatoms. The van der Waals surface area contributed by atoms with E-state index in [2.05, 4.69) is 11.8 Å². The summed E-state index contributed by atoms with van der Waals surface area (Å²) >= 11 is 11.4. The van der Waals surface area contributed by atoms with Crippen LogP contribution in [0.25, 0.3) is 0 Å². The van der Waals surface area contributed by atoms with Crippen LogP contribution in [0, 0.1) is 0 Å². The third-order valence-corrected chi connectivity index (χ3v) is 4.09. The van der Waals surface area contributed by atoms with Crippen molar-refractivity contribution in [3.05, 3.63) is 34.9 Å². The van der Waals surface area contributed by atoms with Crippen LogP contribution in [0.1, 0.15) is 12.5 Å². The molecule has 0 aliphatic carbocycles. The molecule has 0 atom stereocenters. The Morgan fingerprint density at radius 2 is 1.88 bits per heavy atom. The van der Waals surface area contributed by atoms with Crippen molar-refractivity contribution in [1.82, 2.24) is 4.90 Å². The summed E-state index contributed by atoms with van der Waals surface area (Å²) in [5, 5.41) is 0.761. The van der Waals surface area contributed by atoms with Gasteiger partial charge in [0.2, 0.25) is 0 Å². The van der Waals surface area contributed by atoms with Crippen molar-refractivity contribution in [3.63, 3.8) is 0 Å². The van der Waals surface area contributed by atoms with E-state index in [0.29, 0.717) is 0 Å². The second-order valence-corrected chi connectivity index (χ2v) is 5.23. The van der Waals surface area contributed by atoms with Gasteiger partial charge in [-0.05, 0) is 19.1 Å². The Morgan fingerprint density at radius 3 is 2.41 bits per heavy atom. The van der Waals surface area contributed by atoms with Gasteiger partial charge in [-0.15, -0.1) is 0 Å². The van der Waals surface area contributed by atoms with Gasteiger partial charge >= 0.3 is 0 Å². The van der Waals surface area contributed by atoms with E-state index >= 15 is 0 Å². The van der Waals surface area contributed by atoms with Crippen molar-refractivity contribution < 1.29 is 4.90 Å². The van der Waals surface area contributed by atoms with Gasteiger partial charge in [-0.3, -0.25) is 0 Å². The number of halogens is 1. The van der Waals surface area contributed by atoms with Crippen molar-refractivity contribution in [3.8, 4) is 0 Å². The minimum Gasteiger partial charge on any atom is -0.351 e. The molecule has 17 heavy (non-hydrogen) atoms. The van der Waals surface area contributed by atoms with Crippen LogP contribution in [0.3, 0.4) is 0 Å². The van der Waals surface area contributed by atoms with Gasteiger partial charge < -0.3 is 9.80 Å². The number of piperazine rings is 1. The average molecular weight is 270 g/mol. The molecule has 1 saturated heterocycles. The summed E-state index contributed by atoms with van der Waals surface area (Å²) < 4.78 is 0. The van der Waals surface area contributed by atoms with Crippen LogP contribution < -0.4 is 4.90 Å². The zero-order valence-corrected chi connectivity index (χ0v) is 11.7. The SMILES string of the molecule is CC[NH+]1CCN(C(=S)c2ccc(Cl)cc2)CC1. The summed E-state index contributed by atoms with van der Waals surface area (Å²) in [4.78, 5) is 4.93. The summed E-state index contributed by atoms with van der Waals surface area (Å²) in [6, 6.07) is 7.81. The molecule has 0 amide bonds. The molecule has 0 aromatic heterocycles. The Kier molecular flexibility index (Phi) is 4.37. The van der Waals surface area contributed by atoms with Crippen molar-refractivity contribution in [1.29, 1.82) is 0 Å². The third-order valence-electron chi connectivity index (χ3n) is 3.35. The van der Waals surface area contributed by atoms with Gasteiger partial charge in [0.25, 0.3) is 0 Å². The number of thiocarbonyl (C=S) groups is 1. The van der Waals surface area contributed by atoms with Crippen LogP contribution in [0.2, 0.25) is 5.02 Å². The first kappa shape index (κ1) is 12.8. The zero-order valence-electron chi connectivity index (χ0n) is 10.1. The molecular formula is C13H18ClN2S+.